The highest BCUT2D eigenvalue weighted by Gasteiger charge is 2.29. The van der Waals surface area contributed by atoms with Gasteiger partial charge in [0.1, 0.15) is 0 Å². The van der Waals surface area contributed by atoms with Gasteiger partial charge in [-0.2, -0.15) is 5.10 Å². The molecule has 1 aromatic heterocycles. The third-order valence-corrected chi connectivity index (χ3v) is 6.32. The van der Waals surface area contributed by atoms with Crippen molar-refractivity contribution < 1.29 is 14.3 Å². The molecule has 32 heavy (non-hydrogen) atoms. The molecule has 1 aliphatic heterocycles. The van der Waals surface area contributed by atoms with E-state index in [2.05, 4.69) is 15.3 Å². The molecule has 0 unspecified atom stereocenters. The van der Waals surface area contributed by atoms with Gasteiger partial charge in [-0.25, -0.2) is 4.68 Å². The highest BCUT2D eigenvalue weighted by atomic mass is 16.5. The Morgan fingerprint density at radius 3 is 2.50 bits per heavy atom. The Balaban J connectivity index is 1.26. The van der Waals surface area contributed by atoms with Gasteiger partial charge in [0.25, 0.3) is 5.91 Å². The van der Waals surface area contributed by atoms with E-state index in [1.165, 1.54) is 12.8 Å². The van der Waals surface area contributed by atoms with Gasteiger partial charge in [-0.15, -0.1) is 0 Å². The average Bonchev–Trinajstić information content (AvgIpc) is 3.51. The molecule has 2 fully saturated rings. The molecule has 0 radical (unpaired) electrons. The highest BCUT2D eigenvalue weighted by Crippen LogP contribution is 2.27. The summed E-state index contributed by atoms with van der Waals surface area (Å²) in [6.45, 7) is 6.88. The van der Waals surface area contributed by atoms with Gasteiger partial charge in [0, 0.05) is 45.2 Å². The molecule has 2 heterocycles. The molecule has 1 saturated carbocycles. The summed E-state index contributed by atoms with van der Waals surface area (Å²) in [5.41, 5.74) is 1.17. The Hall–Kier alpha value is -2.87. The summed E-state index contributed by atoms with van der Waals surface area (Å²) in [4.78, 5) is 29.7. The van der Waals surface area contributed by atoms with Crippen LogP contribution in [0, 0.1) is 5.92 Å². The number of carbonyl (C=O) groups excluding carboxylic acids is 2. The summed E-state index contributed by atoms with van der Waals surface area (Å²) < 4.78 is 7.31. The van der Waals surface area contributed by atoms with Crippen LogP contribution in [0.2, 0.25) is 0 Å². The lowest BCUT2D eigenvalue weighted by atomic mass is 10.1. The predicted octanol–water partition coefficient (Wildman–Crippen LogP) is 2.34. The topological polar surface area (TPSA) is 79.7 Å². The Labute approximate surface area is 189 Å². The van der Waals surface area contributed by atoms with Gasteiger partial charge in [0.05, 0.1) is 18.5 Å². The molecule has 8 nitrogen and oxygen atoms in total. The Morgan fingerprint density at radius 1 is 1.09 bits per heavy atom. The number of rotatable bonds is 8. The lowest BCUT2D eigenvalue weighted by Crippen LogP contribution is -2.51. The van der Waals surface area contributed by atoms with Gasteiger partial charge < -0.3 is 15.0 Å². The van der Waals surface area contributed by atoms with Crippen LogP contribution in [-0.4, -0.2) is 77.3 Å². The van der Waals surface area contributed by atoms with Crippen molar-refractivity contribution in [3.63, 3.8) is 0 Å². The quantitative estimate of drug-likeness (QED) is 0.683. The smallest absolute Gasteiger partial charge is 0.275 e. The van der Waals surface area contributed by atoms with Crippen molar-refractivity contribution >= 4 is 11.8 Å². The van der Waals surface area contributed by atoms with Crippen molar-refractivity contribution in [1.82, 2.24) is 24.9 Å². The molecule has 1 aromatic carbocycles. The number of aromatic nitrogens is 2. The van der Waals surface area contributed by atoms with Gasteiger partial charge in [-0.05, 0) is 31.9 Å². The normalized spacial score (nSPS) is 17.5. The number of piperazine rings is 1. The zero-order valence-electron chi connectivity index (χ0n) is 18.8. The fourth-order valence-corrected chi connectivity index (χ4v) is 4.52. The fraction of sp³-hybridized carbons (Fsp3) is 0.542. The number of ether oxygens (including phenoxy) is 1. The Kier molecular flexibility index (Phi) is 7.42. The van der Waals surface area contributed by atoms with Gasteiger partial charge in [0.15, 0.2) is 11.4 Å². The SMILES string of the molecule is CCOc1cn(-c2ccccc2)nc1C(=O)NCCN1CCN(C(=O)C2CCCC2)CC1. The number of para-hydroxylation sites is 1. The fourth-order valence-electron chi connectivity index (χ4n) is 4.52. The van der Waals surface area contributed by atoms with E-state index in [1.54, 1.807) is 10.9 Å². The molecule has 1 saturated heterocycles. The third kappa shape index (κ3) is 5.30. The van der Waals surface area contributed by atoms with Crippen LogP contribution < -0.4 is 10.1 Å². The average molecular weight is 440 g/mol. The van der Waals surface area contributed by atoms with Crippen molar-refractivity contribution in [2.45, 2.75) is 32.6 Å². The summed E-state index contributed by atoms with van der Waals surface area (Å²) in [6.07, 6.45) is 6.22. The second-order valence-electron chi connectivity index (χ2n) is 8.46. The number of amides is 2. The summed E-state index contributed by atoms with van der Waals surface area (Å²) in [7, 11) is 0. The Morgan fingerprint density at radius 2 is 1.81 bits per heavy atom. The first-order chi connectivity index (χ1) is 15.7. The van der Waals surface area contributed by atoms with Gasteiger partial charge in [0.2, 0.25) is 5.91 Å². The Bertz CT molecular complexity index is 900. The molecule has 2 aliphatic rings. The van der Waals surface area contributed by atoms with E-state index in [-0.39, 0.29) is 11.8 Å². The summed E-state index contributed by atoms with van der Waals surface area (Å²) in [5.74, 6) is 0.829. The van der Waals surface area contributed by atoms with E-state index in [9.17, 15) is 9.59 Å². The van der Waals surface area contributed by atoms with E-state index >= 15 is 0 Å². The van der Waals surface area contributed by atoms with Crippen LogP contribution in [0.4, 0.5) is 0 Å². The molecule has 1 aliphatic carbocycles. The molecule has 0 bridgehead atoms. The van der Waals surface area contributed by atoms with Crippen LogP contribution in [-0.2, 0) is 4.79 Å². The highest BCUT2D eigenvalue weighted by molar-refractivity contribution is 5.95. The monoisotopic (exact) mass is 439 g/mol. The number of carbonyl (C=O) groups is 2. The van der Waals surface area contributed by atoms with Crippen LogP contribution in [0.1, 0.15) is 43.1 Å². The molecular formula is C24H33N5O3. The zero-order chi connectivity index (χ0) is 22.3. The maximum Gasteiger partial charge on any atom is 0.275 e. The maximum absolute atomic E-state index is 12.8. The maximum atomic E-state index is 12.8. The number of nitrogens with zero attached hydrogens (tertiary/aromatic N) is 4. The van der Waals surface area contributed by atoms with E-state index in [0.29, 0.717) is 30.5 Å². The third-order valence-electron chi connectivity index (χ3n) is 6.32. The van der Waals surface area contributed by atoms with Crippen LogP contribution in [0.15, 0.2) is 36.5 Å². The van der Waals surface area contributed by atoms with Crippen molar-refractivity contribution in [3.8, 4) is 11.4 Å². The van der Waals surface area contributed by atoms with E-state index < -0.39 is 0 Å². The molecule has 4 rings (SSSR count). The predicted molar refractivity (Wildman–Crippen MR) is 122 cm³/mol. The number of benzene rings is 1. The molecule has 2 amide bonds. The first kappa shape index (κ1) is 22.3. The molecule has 0 spiro atoms. The van der Waals surface area contributed by atoms with Gasteiger partial charge >= 0.3 is 0 Å². The largest absolute Gasteiger partial charge is 0.490 e. The second kappa shape index (κ2) is 10.6. The van der Waals surface area contributed by atoms with Crippen molar-refractivity contribution in [2.75, 3.05) is 45.9 Å². The van der Waals surface area contributed by atoms with Gasteiger partial charge in [-0.3, -0.25) is 14.5 Å². The number of hydrogen-bond donors (Lipinski definition) is 1. The number of hydrogen-bond acceptors (Lipinski definition) is 5. The molecule has 1 N–H and O–H groups in total. The van der Waals surface area contributed by atoms with Crippen LogP contribution in [0.5, 0.6) is 5.75 Å². The first-order valence-corrected chi connectivity index (χ1v) is 11.7. The van der Waals surface area contributed by atoms with E-state index in [0.717, 1.165) is 51.3 Å². The molecule has 8 heteroatoms. The zero-order valence-corrected chi connectivity index (χ0v) is 18.8. The van der Waals surface area contributed by atoms with Crippen molar-refractivity contribution in [3.05, 3.63) is 42.2 Å². The minimum atomic E-state index is -0.238. The lowest BCUT2D eigenvalue weighted by Gasteiger charge is -2.36. The van der Waals surface area contributed by atoms with Crippen LogP contribution >= 0.6 is 0 Å². The molecule has 2 aromatic rings. The van der Waals surface area contributed by atoms with Gasteiger partial charge in [-0.1, -0.05) is 31.0 Å². The summed E-state index contributed by atoms with van der Waals surface area (Å²) in [5, 5.41) is 7.42. The van der Waals surface area contributed by atoms with Crippen molar-refractivity contribution in [1.29, 1.82) is 0 Å². The van der Waals surface area contributed by atoms with Crippen LogP contribution in [0.3, 0.4) is 0 Å². The standard InChI is InChI=1S/C24H33N5O3/c1-2-32-21-18-29(20-10-4-3-5-11-20)26-22(21)23(30)25-12-13-27-14-16-28(17-15-27)24(31)19-8-6-7-9-19/h3-5,10-11,18-19H,2,6-9,12-17H2,1H3,(H,25,30). The number of nitrogens with one attached hydrogen (secondary N) is 1. The molecule has 172 valence electrons. The first-order valence-electron chi connectivity index (χ1n) is 11.7. The van der Waals surface area contributed by atoms with E-state index in [1.807, 2.05) is 42.2 Å². The minimum Gasteiger partial charge on any atom is -0.490 e. The lowest BCUT2D eigenvalue weighted by molar-refractivity contribution is -0.137. The minimum absolute atomic E-state index is 0.238. The summed E-state index contributed by atoms with van der Waals surface area (Å²) >= 11 is 0. The van der Waals surface area contributed by atoms with Crippen molar-refractivity contribution in [2.24, 2.45) is 5.92 Å². The molecular weight excluding hydrogens is 406 g/mol. The second-order valence-corrected chi connectivity index (χ2v) is 8.46. The van der Waals surface area contributed by atoms with Crippen LogP contribution in [0.25, 0.3) is 5.69 Å². The van der Waals surface area contributed by atoms with E-state index in [4.69, 9.17) is 4.74 Å². The molecule has 0 atom stereocenters. The summed E-state index contributed by atoms with van der Waals surface area (Å²) in [6, 6.07) is 9.66.